The molecular formula is C52H63N7O8. The number of hydrogen-bond acceptors (Lipinski definition) is 13. The monoisotopic (exact) mass is 913 g/mol. The molecule has 6 N–H and O–H groups in total. The lowest BCUT2D eigenvalue weighted by atomic mass is 9.86. The van der Waals surface area contributed by atoms with E-state index in [0.29, 0.717) is 34.1 Å². The molecule has 2 heterocycles. The van der Waals surface area contributed by atoms with Gasteiger partial charge in [-0.15, -0.1) is 0 Å². The number of ether oxygens (including phenoxy) is 1. The largest absolute Gasteiger partial charge is 0.507 e. The van der Waals surface area contributed by atoms with Crippen LogP contribution in [0, 0.1) is 37.0 Å². The van der Waals surface area contributed by atoms with Crippen LogP contribution in [0.1, 0.15) is 117 Å². The highest BCUT2D eigenvalue weighted by atomic mass is 16.5. The van der Waals surface area contributed by atoms with Crippen LogP contribution in [0.5, 0.6) is 11.5 Å². The number of aryl methyl sites for hydroxylation is 2. The number of carbonyl (C=O) groups excluding carboxylic acids is 6. The van der Waals surface area contributed by atoms with Gasteiger partial charge in [0.1, 0.15) is 29.9 Å². The summed E-state index contributed by atoms with van der Waals surface area (Å²) in [6.45, 7) is 13.0. The first-order chi connectivity index (χ1) is 31.7. The van der Waals surface area contributed by atoms with Gasteiger partial charge in [-0.2, -0.15) is 5.26 Å². The molecule has 4 atom stereocenters. The van der Waals surface area contributed by atoms with E-state index in [2.05, 4.69) is 26.1 Å². The number of carbonyl (C=O) groups is 6. The Morgan fingerprint density at radius 3 is 2.24 bits per heavy atom. The van der Waals surface area contributed by atoms with Crippen LogP contribution in [0.3, 0.4) is 0 Å². The van der Waals surface area contributed by atoms with E-state index in [1.54, 1.807) is 38.1 Å². The van der Waals surface area contributed by atoms with Crippen molar-refractivity contribution >= 4 is 34.9 Å². The van der Waals surface area contributed by atoms with Gasteiger partial charge in [0.05, 0.1) is 29.1 Å². The molecule has 4 aromatic rings. The summed E-state index contributed by atoms with van der Waals surface area (Å²) in [7, 11) is 1.43. The van der Waals surface area contributed by atoms with Gasteiger partial charge in [0.2, 0.25) is 11.8 Å². The number of amides is 2. The molecule has 3 aromatic carbocycles. The Morgan fingerprint density at radius 1 is 0.970 bits per heavy atom. The topological polar surface area (TPSA) is 249 Å². The molecule has 2 amide bonds. The normalized spacial score (nSPS) is 16.8. The number of fused-ring (bicyclic) bond motifs is 5. The first-order valence-corrected chi connectivity index (χ1v) is 22.7. The van der Waals surface area contributed by atoms with E-state index in [1.165, 1.54) is 31.9 Å². The maximum atomic E-state index is 14.9. The lowest BCUT2D eigenvalue weighted by Gasteiger charge is -2.32. The van der Waals surface area contributed by atoms with Crippen LogP contribution < -0.4 is 21.5 Å². The molecule has 1 aliphatic heterocycles. The van der Waals surface area contributed by atoms with Crippen molar-refractivity contribution in [3.05, 3.63) is 93.8 Å². The van der Waals surface area contributed by atoms with Crippen molar-refractivity contribution in [1.82, 2.24) is 20.2 Å². The maximum Gasteiger partial charge on any atom is 0.226 e. The Bertz CT molecular complexity index is 2550. The Morgan fingerprint density at radius 2 is 1.64 bits per heavy atom. The standard InChI is InChI=1S/C52H63N7O8/c1-29-22-44(63)47(59(8)51(66)35(17-19-54)28-43(62)46-31(3)56-49(57-32(46)4)34-12-14-38(15-13-34)52(5,6)7)36-26-37(23-30(2)60)48(64)40(27-36)39-24-33(11-16-45(39)67-21-20-55)25-41(58-50(29)65)42(61)10-9-18-53/h11-16,24,26-27,29,35,41,47,64H,9-10,17,19-23,25,28,54-55H2,1-8H3,(H,58,65)/t29-,35-,41+,47+/m1/s1. The van der Waals surface area contributed by atoms with Crippen molar-refractivity contribution in [2.24, 2.45) is 23.3 Å². The van der Waals surface area contributed by atoms with Crippen molar-refractivity contribution in [2.45, 2.75) is 111 Å². The van der Waals surface area contributed by atoms with E-state index in [-0.39, 0.29) is 115 Å². The summed E-state index contributed by atoms with van der Waals surface area (Å²) in [6, 6.07) is 15.6. The summed E-state index contributed by atoms with van der Waals surface area (Å²) in [5, 5.41) is 23.9. The van der Waals surface area contributed by atoms with Gasteiger partial charge in [-0.3, -0.25) is 28.8 Å². The van der Waals surface area contributed by atoms with Gasteiger partial charge in [-0.1, -0.05) is 58.0 Å². The molecule has 67 heavy (non-hydrogen) atoms. The summed E-state index contributed by atoms with van der Waals surface area (Å²) in [6.07, 6.45) is -0.991. The second-order valence-corrected chi connectivity index (χ2v) is 18.6. The number of nitrogens with zero attached hydrogens (tertiary/aromatic N) is 4. The van der Waals surface area contributed by atoms with Crippen molar-refractivity contribution in [2.75, 3.05) is 26.7 Å². The number of likely N-dealkylation sites (N-methyl/N-ethyl adjacent to an activating group) is 1. The third-order valence-corrected chi connectivity index (χ3v) is 12.2. The Kier molecular flexibility index (Phi) is 17.0. The van der Waals surface area contributed by atoms with Gasteiger partial charge < -0.3 is 31.5 Å². The van der Waals surface area contributed by atoms with Crippen LogP contribution in [0.15, 0.2) is 54.6 Å². The van der Waals surface area contributed by atoms with E-state index < -0.39 is 41.5 Å². The molecule has 15 heteroatoms. The highest BCUT2D eigenvalue weighted by Gasteiger charge is 2.37. The number of rotatable bonds is 16. The number of nitriles is 1. The van der Waals surface area contributed by atoms with Crippen LogP contribution in [0.25, 0.3) is 22.5 Å². The van der Waals surface area contributed by atoms with Crippen molar-refractivity contribution < 1.29 is 38.6 Å². The summed E-state index contributed by atoms with van der Waals surface area (Å²) >= 11 is 0. The highest BCUT2D eigenvalue weighted by molar-refractivity contribution is 6.01. The minimum absolute atomic E-state index is 0.0173. The van der Waals surface area contributed by atoms with Gasteiger partial charge in [0, 0.05) is 79.8 Å². The van der Waals surface area contributed by atoms with Gasteiger partial charge in [-0.25, -0.2) is 9.97 Å². The number of aromatic nitrogens is 2. The van der Waals surface area contributed by atoms with Crippen LogP contribution in [-0.4, -0.2) is 87.7 Å². The predicted molar refractivity (Wildman–Crippen MR) is 254 cm³/mol. The molecule has 0 saturated carbocycles. The van der Waals surface area contributed by atoms with Crippen LogP contribution in [0.4, 0.5) is 0 Å². The van der Waals surface area contributed by atoms with E-state index >= 15 is 0 Å². The summed E-state index contributed by atoms with van der Waals surface area (Å²) in [5.41, 5.74) is 16.4. The first-order valence-electron chi connectivity index (χ1n) is 22.7. The predicted octanol–water partition coefficient (Wildman–Crippen LogP) is 6.15. The summed E-state index contributed by atoms with van der Waals surface area (Å²) in [5.74, 6) is -4.31. The van der Waals surface area contributed by atoms with Gasteiger partial charge in [-0.05, 0) is 86.5 Å². The van der Waals surface area contributed by atoms with Gasteiger partial charge in [0.25, 0.3) is 0 Å². The maximum absolute atomic E-state index is 14.9. The van der Waals surface area contributed by atoms with Gasteiger partial charge >= 0.3 is 0 Å². The zero-order valence-corrected chi connectivity index (χ0v) is 39.8. The number of ketones is 4. The lowest BCUT2D eigenvalue weighted by Crippen LogP contribution is -2.46. The third-order valence-electron chi connectivity index (χ3n) is 12.2. The third kappa shape index (κ3) is 12.4. The molecule has 0 unspecified atom stereocenters. The molecule has 15 nitrogen and oxygen atoms in total. The average molecular weight is 914 g/mol. The fraction of sp³-hybridized carbons (Fsp3) is 0.442. The second-order valence-electron chi connectivity index (χ2n) is 18.6. The van der Waals surface area contributed by atoms with Crippen LogP contribution >= 0.6 is 0 Å². The number of Topliss-reactive ketones (excluding diaryl/α,β-unsaturated/α-hetero) is 4. The van der Waals surface area contributed by atoms with Gasteiger partial charge in [0.15, 0.2) is 23.2 Å². The van der Waals surface area contributed by atoms with E-state index in [0.717, 1.165) is 11.1 Å². The Labute approximate surface area is 392 Å². The number of nitrogens with one attached hydrogen (secondary N) is 1. The van der Waals surface area contributed by atoms with Crippen LogP contribution in [-0.2, 0) is 42.2 Å². The second kappa shape index (κ2) is 22.2. The molecule has 1 aromatic heterocycles. The summed E-state index contributed by atoms with van der Waals surface area (Å²) < 4.78 is 6.03. The number of phenolic OH excluding ortho intramolecular Hbond substituents is 1. The zero-order valence-electron chi connectivity index (χ0n) is 39.8. The Hall–Kier alpha value is -6.63. The van der Waals surface area contributed by atoms with E-state index in [1.807, 2.05) is 30.3 Å². The number of benzene rings is 3. The minimum Gasteiger partial charge on any atom is -0.507 e. The molecule has 354 valence electrons. The molecule has 0 spiro atoms. The zero-order chi connectivity index (χ0) is 49.3. The quantitative estimate of drug-likeness (QED) is 0.0923. The summed E-state index contributed by atoms with van der Waals surface area (Å²) in [4.78, 5) is 94.7. The molecular weight excluding hydrogens is 851 g/mol. The number of nitrogens with two attached hydrogens (primary N) is 2. The van der Waals surface area contributed by atoms with Crippen LogP contribution in [0.2, 0.25) is 0 Å². The fourth-order valence-electron chi connectivity index (χ4n) is 8.60. The number of hydrogen-bond donors (Lipinski definition) is 4. The molecule has 0 aliphatic carbocycles. The van der Waals surface area contributed by atoms with Crippen molar-refractivity contribution in [1.29, 1.82) is 5.26 Å². The fourth-order valence-corrected chi connectivity index (χ4v) is 8.60. The smallest absolute Gasteiger partial charge is 0.226 e. The SMILES string of the molecule is CC(=O)Cc1cc2cc(c1O)-c1cc(ccc1OCCN)C[C@@H](C(=O)CCC#N)NC(=O)[C@H](C)CC(=O)[C@H]2N(C)C(=O)[C@H](CCN)CC(=O)c1c(C)nc(-c2ccc(C(C)(C)C)cc2)nc1C. The Balaban J connectivity index is 1.61. The molecule has 4 bridgehead atoms. The lowest BCUT2D eigenvalue weighted by molar-refractivity contribution is -0.142. The van der Waals surface area contributed by atoms with E-state index in [4.69, 9.17) is 26.2 Å². The average Bonchev–Trinajstić information content (AvgIpc) is 3.27. The van der Waals surface area contributed by atoms with E-state index in [9.17, 15) is 39.1 Å². The van der Waals surface area contributed by atoms with Crippen molar-refractivity contribution in [3.8, 4) is 40.1 Å². The molecule has 0 saturated heterocycles. The number of phenols is 1. The highest BCUT2D eigenvalue weighted by Crippen LogP contribution is 2.42. The van der Waals surface area contributed by atoms with Crippen molar-refractivity contribution in [3.63, 3.8) is 0 Å². The minimum atomic E-state index is -1.40. The first kappa shape index (κ1) is 51.4. The molecule has 1 aliphatic rings. The molecule has 5 rings (SSSR count). The molecule has 0 fully saturated rings. The number of aromatic hydroxyl groups is 1. The molecule has 0 radical (unpaired) electrons.